The van der Waals surface area contributed by atoms with Crippen molar-refractivity contribution in [2.75, 3.05) is 13.7 Å². The van der Waals surface area contributed by atoms with Crippen LogP contribution in [0.3, 0.4) is 0 Å². The van der Waals surface area contributed by atoms with Crippen molar-refractivity contribution in [3.8, 4) is 5.75 Å². The van der Waals surface area contributed by atoms with Gasteiger partial charge in [0.1, 0.15) is 11.9 Å². The summed E-state index contributed by atoms with van der Waals surface area (Å²) in [7, 11) is 1.68. The number of benzene rings is 1. The molecule has 0 spiro atoms. The number of rotatable bonds is 2. The number of aromatic nitrogens is 1. The smallest absolute Gasteiger partial charge is 0.121 e. The Hall–Kier alpha value is -1.48. The van der Waals surface area contributed by atoms with E-state index in [1.54, 1.807) is 7.11 Å². The summed E-state index contributed by atoms with van der Waals surface area (Å²) in [5.41, 5.74) is 2.27. The van der Waals surface area contributed by atoms with Crippen molar-refractivity contribution in [1.29, 1.82) is 0 Å². The number of epoxide rings is 1. The first-order chi connectivity index (χ1) is 6.86. The van der Waals surface area contributed by atoms with E-state index in [-0.39, 0.29) is 6.10 Å². The van der Waals surface area contributed by atoms with Gasteiger partial charge < -0.3 is 14.5 Å². The van der Waals surface area contributed by atoms with Crippen molar-refractivity contribution in [3.63, 3.8) is 0 Å². The molecule has 1 aromatic carbocycles. The van der Waals surface area contributed by atoms with Crippen LogP contribution < -0.4 is 4.74 Å². The minimum Gasteiger partial charge on any atom is -0.497 e. The fourth-order valence-electron chi connectivity index (χ4n) is 1.66. The first-order valence-electron chi connectivity index (χ1n) is 4.65. The Bertz CT molecular complexity index is 471. The van der Waals surface area contributed by atoms with E-state index in [2.05, 4.69) is 17.1 Å². The molecule has 3 rings (SSSR count). The van der Waals surface area contributed by atoms with Crippen LogP contribution in [0.5, 0.6) is 5.75 Å². The summed E-state index contributed by atoms with van der Waals surface area (Å²) in [5, 5.41) is 1.20. The molecule has 72 valence electrons. The fourth-order valence-corrected chi connectivity index (χ4v) is 1.66. The van der Waals surface area contributed by atoms with Gasteiger partial charge in [-0.2, -0.15) is 0 Å². The molecule has 0 aliphatic carbocycles. The van der Waals surface area contributed by atoms with Crippen LogP contribution in [0.1, 0.15) is 11.8 Å². The lowest BCUT2D eigenvalue weighted by molar-refractivity contribution is 0.412. The highest BCUT2D eigenvalue weighted by Crippen LogP contribution is 2.32. The van der Waals surface area contributed by atoms with Crippen LogP contribution in [0, 0.1) is 0 Å². The topological polar surface area (TPSA) is 37.5 Å². The van der Waals surface area contributed by atoms with Crippen molar-refractivity contribution in [2.45, 2.75) is 6.10 Å². The molecular weight excluding hydrogens is 178 g/mol. The lowest BCUT2D eigenvalue weighted by Gasteiger charge is -1.97. The molecule has 14 heavy (non-hydrogen) atoms. The van der Waals surface area contributed by atoms with Crippen molar-refractivity contribution in [3.05, 3.63) is 30.0 Å². The summed E-state index contributed by atoms with van der Waals surface area (Å²) in [6, 6.07) is 8.15. The predicted molar refractivity (Wildman–Crippen MR) is 53.5 cm³/mol. The Kier molecular flexibility index (Phi) is 1.55. The van der Waals surface area contributed by atoms with Gasteiger partial charge in [-0.1, -0.05) is 0 Å². The molecule has 0 unspecified atom stereocenters. The zero-order chi connectivity index (χ0) is 9.54. The van der Waals surface area contributed by atoms with E-state index in [1.807, 2.05) is 12.1 Å². The van der Waals surface area contributed by atoms with Crippen LogP contribution in [0.15, 0.2) is 24.3 Å². The summed E-state index contributed by atoms with van der Waals surface area (Å²) >= 11 is 0. The molecule has 0 radical (unpaired) electrons. The predicted octanol–water partition coefficient (Wildman–Crippen LogP) is 2.25. The summed E-state index contributed by atoms with van der Waals surface area (Å²) in [4.78, 5) is 3.33. The Morgan fingerprint density at radius 2 is 2.29 bits per heavy atom. The first-order valence-corrected chi connectivity index (χ1v) is 4.65. The van der Waals surface area contributed by atoms with Gasteiger partial charge in [0.05, 0.1) is 13.7 Å². The Balaban J connectivity index is 2.12. The molecule has 2 aromatic rings. The van der Waals surface area contributed by atoms with Crippen molar-refractivity contribution >= 4 is 10.9 Å². The molecule has 1 saturated heterocycles. The summed E-state index contributed by atoms with van der Waals surface area (Å²) in [6.07, 6.45) is 0.286. The minimum absolute atomic E-state index is 0.286. The van der Waals surface area contributed by atoms with Crippen molar-refractivity contribution in [1.82, 2.24) is 4.98 Å². The highest BCUT2D eigenvalue weighted by atomic mass is 16.6. The number of nitrogens with one attached hydrogen (secondary N) is 1. The number of ether oxygens (including phenoxy) is 2. The molecule has 2 heterocycles. The number of hydrogen-bond donors (Lipinski definition) is 1. The number of H-pyrrole nitrogens is 1. The molecule has 3 heteroatoms. The third-order valence-electron chi connectivity index (χ3n) is 2.53. The van der Waals surface area contributed by atoms with Gasteiger partial charge in [0.2, 0.25) is 0 Å². The van der Waals surface area contributed by atoms with Crippen molar-refractivity contribution < 1.29 is 9.47 Å². The van der Waals surface area contributed by atoms with Crippen LogP contribution in [0.2, 0.25) is 0 Å². The molecule has 1 N–H and O–H groups in total. The SMILES string of the molecule is COc1ccc2cc([C@H]3CO3)[nH]c2c1. The Morgan fingerprint density at radius 1 is 1.43 bits per heavy atom. The minimum atomic E-state index is 0.286. The monoisotopic (exact) mass is 189 g/mol. The van der Waals surface area contributed by atoms with Crippen LogP contribution in [0.25, 0.3) is 10.9 Å². The van der Waals surface area contributed by atoms with E-state index in [9.17, 15) is 0 Å². The maximum absolute atomic E-state index is 5.22. The third-order valence-corrected chi connectivity index (χ3v) is 2.53. The van der Waals surface area contributed by atoms with Gasteiger partial charge in [0, 0.05) is 22.7 Å². The molecule has 3 nitrogen and oxygen atoms in total. The van der Waals surface area contributed by atoms with Gasteiger partial charge in [0.15, 0.2) is 0 Å². The van der Waals surface area contributed by atoms with Crippen LogP contribution >= 0.6 is 0 Å². The second-order valence-corrected chi connectivity index (χ2v) is 3.50. The lowest BCUT2D eigenvalue weighted by Crippen LogP contribution is -1.81. The van der Waals surface area contributed by atoms with Crippen LogP contribution in [0.4, 0.5) is 0 Å². The molecule has 0 saturated carbocycles. The first kappa shape index (κ1) is 7.88. The standard InChI is InChI=1S/C11H11NO2/c1-13-8-3-2-7-4-10(11-6-14-11)12-9(7)5-8/h2-5,11-12H,6H2,1H3/t11-/m1/s1. The van der Waals surface area contributed by atoms with E-state index in [0.717, 1.165) is 23.6 Å². The second-order valence-electron chi connectivity index (χ2n) is 3.50. The maximum atomic E-state index is 5.22. The molecule has 1 aliphatic heterocycles. The van der Waals surface area contributed by atoms with E-state index >= 15 is 0 Å². The fraction of sp³-hybridized carbons (Fsp3) is 0.273. The van der Waals surface area contributed by atoms with Gasteiger partial charge >= 0.3 is 0 Å². The number of hydrogen-bond acceptors (Lipinski definition) is 2. The largest absolute Gasteiger partial charge is 0.497 e. The number of fused-ring (bicyclic) bond motifs is 1. The van der Waals surface area contributed by atoms with E-state index in [1.165, 1.54) is 5.39 Å². The average Bonchev–Trinajstić information content (AvgIpc) is 2.97. The van der Waals surface area contributed by atoms with Gasteiger partial charge in [-0.15, -0.1) is 0 Å². The highest BCUT2D eigenvalue weighted by molar-refractivity contribution is 5.82. The Labute approximate surface area is 81.6 Å². The summed E-state index contributed by atoms with van der Waals surface area (Å²) in [6.45, 7) is 0.837. The quantitative estimate of drug-likeness (QED) is 0.736. The Morgan fingerprint density at radius 3 is 3.00 bits per heavy atom. The lowest BCUT2D eigenvalue weighted by atomic mass is 10.2. The van der Waals surface area contributed by atoms with Crippen molar-refractivity contribution in [2.24, 2.45) is 0 Å². The zero-order valence-corrected chi connectivity index (χ0v) is 7.91. The molecule has 1 fully saturated rings. The summed E-state index contributed by atoms with van der Waals surface area (Å²) in [5.74, 6) is 0.877. The van der Waals surface area contributed by atoms with E-state index < -0.39 is 0 Å². The highest BCUT2D eigenvalue weighted by Gasteiger charge is 2.26. The molecule has 0 amide bonds. The van der Waals surface area contributed by atoms with Gasteiger partial charge in [-0.25, -0.2) is 0 Å². The molecule has 1 aromatic heterocycles. The van der Waals surface area contributed by atoms with E-state index in [4.69, 9.17) is 9.47 Å². The van der Waals surface area contributed by atoms with Crippen LogP contribution in [-0.2, 0) is 4.74 Å². The van der Waals surface area contributed by atoms with Crippen LogP contribution in [-0.4, -0.2) is 18.7 Å². The average molecular weight is 189 g/mol. The zero-order valence-electron chi connectivity index (χ0n) is 7.91. The third kappa shape index (κ3) is 1.17. The maximum Gasteiger partial charge on any atom is 0.121 e. The number of aromatic amines is 1. The molecular formula is C11H11NO2. The normalized spacial score (nSPS) is 19.9. The van der Waals surface area contributed by atoms with Gasteiger partial charge in [-0.05, 0) is 18.2 Å². The molecule has 1 aliphatic rings. The van der Waals surface area contributed by atoms with E-state index in [0.29, 0.717) is 0 Å². The summed E-state index contributed by atoms with van der Waals surface area (Å²) < 4.78 is 10.4. The van der Waals surface area contributed by atoms with Gasteiger partial charge in [-0.3, -0.25) is 0 Å². The number of methoxy groups -OCH3 is 1. The molecule has 0 bridgehead atoms. The van der Waals surface area contributed by atoms with Gasteiger partial charge in [0.25, 0.3) is 0 Å². The second kappa shape index (κ2) is 2.75. The molecule has 1 atom stereocenters.